The van der Waals surface area contributed by atoms with Gasteiger partial charge >= 0.3 is 0 Å². The standard InChI is InChI=1S/C15H24ClN5/c1-5-12-15(16)13(20(4)19-12)10-21-7-6-18-14(21)9-17-8-11(2)3/h6-7,11,17H,5,8-10H2,1-4H3. The van der Waals surface area contributed by atoms with E-state index in [4.69, 9.17) is 11.6 Å². The Balaban J connectivity index is 2.10. The molecule has 116 valence electrons. The van der Waals surface area contributed by atoms with Gasteiger partial charge < -0.3 is 9.88 Å². The third-order valence-corrected chi connectivity index (χ3v) is 3.90. The monoisotopic (exact) mass is 309 g/mol. The number of aromatic nitrogens is 4. The van der Waals surface area contributed by atoms with Crippen molar-refractivity contribution in [1.82, 2.24) is 24.6 Å². The average molecular weight is 310 g/mol. The first-order valence-corrected chi connectivity index (χ1v) is 7.81. The topological polar surface area (TPSA) is 47.7 Å². The van der Waals surface area contributed by atoms with E-state index in [9.17, 15) is 0 Å². The Morgan fingerprint density at radius 3 is 2.76 bits per heavy atom. The fourth-order valence-corrected chi connectivity index (χ4v) is 2.63. The van der Waals surface area contributed by atoms with E-state index in [2.05, 4.69) is 40.7 Å². The van der Waals surface area contributed by atoms with Crippen molar-refractivity contribution in [2.24, 2.45) is 13.0 Å². The van der Waals surface area contributed by atoms with Crippen LogP contribution in [0.3, 0.4) is 0 Å². The highest BCUT2D eigenvalue weighted by molar-refractivity contribution is 6.31. The number of rotatable bonds is 7. The molecule has 0 spiro atoms. The molecular weight excluding hydrogens is 286 g/mol. The summed E-state index contributed by atoms with van der Waals surface area (Å²) in [6, 6.07) is 0. The molecule has 0 aliphatic heterocycles. The highest BCUT2D eigenvalue weighted by atomic mass is 35.5. The number of nitrogens with one attached hydrogen (secondary N) is 1. The van der Waals surface area contributed by atoms with Crippen molar-refractivity contribution in [2.45, 2.75) is 40.3 Å². The summed E-state index contributed by atoms with van der Waals surface area (Å²) in [7, 11) is 1.94. The van der Waals surface area contributed by atoms with Gasteiger partial charge in [-0.3, -0.25) is 4.68 Å². The molecule has 0 amide bonds. The molecule has 0 saturated carbocycles. The van der Waals surface area contributed by atoms with Crippen LogP contribution in [0.15, 0.2) is 12.4 Å². The molecule has 0 bridgehead atoms. The minimum atomic E-state index is 0.632. The van der Waals surface area contributed by atoms with Gasteiger partial charge in [-0.2, -0.15) is 5.10 Å². The molecular formula is C15H24ClN5. The van der Waals surface area contributed by atoms with E-state index in [1.165, 1.54) is 0 Å². The van der Waals surface area contributed by atoms with E-state index in [1.807, 2.05) is 24.1 Å². The van der Waals surface area contributed by atoms with E-state index in [-0.39, 0.29) is 0 Å². The lowest BCUT2D eigenvalue weighted by Gasteiger charge is -2.10. The molecule has 2 rings (SSSR count). The third kappa shape index (κ3) is 3.86. The van der Waals surface area contributed by atoms with E-state index < -0.39 is 0 Å². The second-order valence-corrected chi connectivity index (χ2v) is 6.06. The summed E-state index contributed by atoms with van der Waals surface area (Å²) in [5.74, 6) is 1.65. The first-order chi connectivity index (χ1) is 10.0. The molecule has 0 unspecified atom stereocenters. The number of hydrogen-bond acceptors (Lipinski definition) is 3. The van der Waals surface area contributed by atoms with E-state index in [1.54, 1.807) is 0 Å². The van der Waals surface area contributed by atoms with Gasteiger partial charge in [-0.1, -0.05) is 32.4 Å². The summed E-state index contributed by atoms with van der Waals surface area (Å²) in [5, 5.41) is 8.65. The lowest BCUT2D eigenvalue weighted by atomic mass is 10.2. The van der Waals surface area contributed by atoms with Crippen molar-refractivity contribution >= 4 is 11.6 Å². The quantitative estimate of drug-likeness (QED) is 0.855. The predicted molar refractivity (Wildman–Crippen MR) is 85.5 cm³/mol. The molecule has 0 fully saturated rings. The molecule has 2 aromatic heterocycles. The van der Waals surface area contributed by atoms with Crippen LogP contribution in [0.25, 0.3) is 0 Å². The number of aryl methyl sites for hydroxylation is 2. The lowest BCUT2D eigenvalue weighted by Crippen LogP contribution is -2.21. The summed E-state index contributed by atoms with van der Waals surface area (Å²) in [5.41, 5.74) is 1.98. The van der Waals surface area contributed by atoms with Crippen LogP contribution >= 0.6 is 11.6 Å². The number of imidazole rings is 1. The highest BCUT2D eigenvalue weighted by Gasteiger charge is 2.14. The number of hydrogen-bond donors (Lipinski definition) is 1. The highest BCUT2D eigenvalue weighted by Crippen LogP contribution is 2.22. The Labute approximate surface area is 131 Å². The van der Waals surface area contributed by atoms with Crippen LogP contribution in [-0.4, -0.2) is 25.9 Å². The van der Waals surface area contributed by atoms with Crippen molar-refractivity contribution in [3.8, 4) is 0 Å². The van der Waals surface area contributed by atoms with Crippen molar-refractivity contribution in [3.63, 3.8) is 0 Å². The smallest absolute Gasteiger partial charge is 0.123 e. The maximum atomic E-state index is 6.41. The summed E-state index contributed by atoms with van der Waals surface area (Å²) in [4.78, 5) is 4.42. The largest absolute Gasteiger partial charge is 0.328 e. The molecule has 2 heterocycles. The molecule has 21 heavy (non-hydrogen) atoms. The Hall–Kier alpha value is -1.33. The zero-order valence-corrected chi connectivity index (χ0v) is 14.0. The molecule has 6 heteroatoms. The van der Waals surface area contributed by atoms with Gasteiger partial charge in [-0.25, -0.2) is 4.98 Å². The molecule has 0 aliphatic carbocycles. The molecule has 0 aromatic carbocycles. The average Bonchev–Trinajstić information content (AvgIpc) is 2.98. The van der Waals surface area contributed by atoms with Crippen molar-refractivity contribution < 1.29 is 0 Å². The third-order valence-electron chi connectivity index (χ3n) is 3.46. The molecule has 5 nitrogen and oxygen atoms in total. The molecule has 0 radical (unpaired) electrons. The lowest BCUT2D eigenvalue weighted by molar-refractivity contribution is 0.530. The van der Waals surface area contributed by atoms with Crippen LogP contribution in [0.4, 0.5) is 0 Å². The van der Waals surface area contributed by atoms with Gasteiger partial charge in [0.05, 0.1) is 29.5 Å². The Morgan fingerprint density at radius 2 is 2.14 bits per heavy atom. The van der Waals surface area contributed by atoms with Gasteiger partial charge in [0.15, 0.2) is 0 Å². The van der Waals surface area contributed by atoms with Gasteiger partial charge in [0.25, 0.3) is 0 Å². The van der Waals surface area contributed by atoms with E-state index >= 15 is 0 Å². The summed E-state index contributed by atoms with van der Waals surface area (Å²) in [6.45, 7) is 8.90. The molecule has 0 aliphatic rings. The summed E-state index contributed by atoms with van der Waals surface area (Å²) < 4.78 is 3.99. The van der Waals surface area contributed by atoms with Gasteiger partial charge in [-0.15, -0.1) is 0 Å². The number of nitrogens with zero attached hydrogens (tertiary/aromatic N) is 4. The summed E-state index contributed by atoms with van der Waals surface area (Å²) in [6.07, 6.45) is 4.66. The fraction of sp³-hybridized carbons (Fsp3) is 0.600. The predicted octanol–water partition coefficient (Wildman–Crippen LogP) is 2.63. The zero-order valence-electron chi connectivity index (χ0n) is 13.2. The SMILES string of the molecule is CCc1nn(C)c(Cn2ccnc2CNCC(C)C)c1Cl. The molecule has 0 saturated heterocycles. The van der Waals surface area contributed by atoms with Gasteiger partial charge in [0, 0.05) is 19.4 Å². The van der Waals surface area contributed by atoms with Crippen LogP contribution in [-0.2, 0) is 26.6 Å². The van der Waals surface area contributed by atoms with Crippen LogP contribution in [0, 0.1) is 5.92 Å². The minimum absolute atomic E-state index is 0.632. The zero-order chi connectivity index (χ0) is 15.4. The normalized spacial score (nSPS) is 11.5. The van der Waals surface area contributed by atoms with Crippen LogP contribution < -0.4 is 5.32 Å². The molecule has 2 aromatic rings. The fourth-order valence-electron chi connectivity index (χ4n) is 2.28. The van der Waals surface area contributed by atoms with Crippen molar-refractivity contribution in [2.75, 3.05) is 6.54 Å². The van der Waals surface area contributed by atoms with Gasteiger partial charge in [0.1, 0.15) is 5.82 Å². The second kappa shape index (κ2) is 7.09. The van der Waals surface area contributed by atoms with Gasteiger partial charge in [-0.05, 0) is 18.9 Å². The van der Waals surface area contributed by atoms with Crippen LogP contribution in [0.1, 0.15) is 38.0 Å². The second-order valence-electron chi connectivity index (χ2n) is 5.68. The van der Waals surface area contributed by atoms with Crippen molar-refractivity contribution in [3.05, 3.63) is 34.6 Å². The Bertz CT molecular complexity index is 585. The van der Waals surface area contributed by atoms with Crippen LogP contribution in [0.5, 0.6) is 0 Å². The first-order valence-electron chi connectivity index (χ1n) is 7.43. The van der Waals surface area contributed by atoms with Crippen LogP contribution in [0.2, 0.25) is 5.02 Å². The minimum Gasteiger partial charge on any atom is -0.328 e. The van der Waals surface area contributed by atoms with Gasteiger partial charge in [0.2, 0.25) is 0 Å². The van der Waals surface area contributed by atoms with Crippen molar-refractivity contribution in [1.29, 1.82) is 0 Å². The Morgan fingerprint density at radius 1 is 1.38 bits per heavy atom. The summed E-state index contributed by atoms with van der Waals surface area (Å²) >= 11 is 6.41. The van der Waals surface area contributed by atoms with E-state index in [0.717, 1.165) is 41.7 Å². The molecule has 1 N–H and O–H groups in total. The maximum absolute atomic E-state index is 6.41. The van der Waals surface area contributed by atoms with E-state index in [0.29, 0.717) is 12.5 Å². The number of halogens is 1. The Kier molecular flexibility index (Phi) is 5.42. The maximum Gasteiger partial charge on any atom is 0.123 e. The molecule has 0 atom stereocenters. The first kappa shape index (κ1) is 16.0.